The molecule has 0 radical (unpaired) electrons. The molecular formula is C16H19N5O2S. The van der Waals surface area contributed by atoms with E-state index >= 15 is 0 Å². The van der Waals surface area contributed by atoms with Crippen molar-refractivity contribution in [1.82, 2.24) is 20.1 Å². The van der Waals surface area contributed by atoms with Crippen molar-refractivity contribution in [2.45, 2.75) is 32.6 Å². The Hall–Kier alpha value is -2.35. The molecule has 2 aromatic heterocycles. The molecule has 0 bridgehead atoms. The number of carbonyl (C=O) groups excluding carboxylic acids is 2. The lowest BCUT2D eigenvalue weighted by Crippen LogP contribution is -2.21. The van der Waals surface area contributed by atoms with E-state index in [1.54, 1.807) is 21.0 Å². The summed E-state index contributed by atoms with van der Waals surface area (Å²) in [7, 11) is 3.37. The highest BCUT2D eigenvalue weighted by Gasteiger charge is 2.20. The molecule has 0 saturated carbocycles. The van der Waals surface area contributed by atoms with Gasteiger partial charge in [0.1, 0.15) is 4.88 Å². The second-order valence-electron chi connectivity index (χ2n) is 6.00. The zero-order chi connectivity index (χ0) is 17.3. The Labute approximate surface area is 144 Å². The maximum atomic E-state index is 12.4. The van der Waals surface area contributed by atoms with Crippen molar-refractivity contribution in [3.05, 3.63) is 33.6 Å². The third-order valence-electron chi connectivity index (χ3n) is 3.92. The van der Waals surface area contributed by atoms with Crippen molar-refractivity contribution in [1.29, 1.82) is 0 Å². The van der Waals surface area contributed by atoms with Gasteiger partial charge in [-0.15, -0.1) is 5.10 Å². The number of aromatic nitrogens is 3. The van der Waals surface area contributed by atoms with Crippen molar-refractivity contribution < 1.29 is 9.59 Å². The van der Waals surface area contributed by atoms with E-state index in [-0.39, 0.29) is 17.5 Å². The number of anilines is 1. The summed E-state index contributed by atoms with van der Waals surface area (Å²) in [6, 6.07) is 1.81. The molecule has 1 aliphatic rings. The van der Waals surface area contributed by atoms with E-state index in [0.29, 0.717) is 15.7 Å². The molecule has 0 saturated heterocycles. The zero-order valence-corrected chi connectivity index (χ0v) is 14.7. The summed E-state index contributed by atoms with van der Waals surface area (Å²) in [4.78, 5) is 30.7. The summed E-state index contributed by atoms with van der Waals surface area (Å²) in [5.41, 5.74) is 2.97. The third-order valence-corrected chi connectivity index (χ3v) is 4.98. The van der Waals surface area contributed by atoms with Crippen LogP contribution in [0, 0.1) is 6.92 Å². The molecule has 3 rings (SSSR count). The van der Waals surface area contributed by atoms with Crippen LogP contribution in [0.5, 0.6) is 0 Å². The molecule has 126 valence electrons. The lowest BCUT2D eigenvalue weighted by Gasteiger charge is -2.13. The number of nitrogens with one attached hydrogen (secondary N) is 1. The summed E-state index contributed by atoms with van der Waals surface area (Å²) in [5, 5.41) is 11.3. The molecule has 7 nitrogen and oxygen atoms in total. The van der Waals surface area contributed by atoms with Gasteiger partial charge in [0, 0.05) is 14.1 Å². The fourth-order valence-corrected chi connectivity index (χ4v) is 3.60. The first-order chi connectivity index (χ1) is 11.5. The number of fused-ring (bicyclic) bond motifs is 1. The van der Waals surface area contributed by atoms with Crippen LogP contribution in [0.25, 0.3) is 0 Å². The smallest absolute Gasteiger partial charge is 0.277 e. The highest BCUT2D eigenvalue weighted by Crippen LogP contribution is 2.24. The van der Waals surface area contributed by atoms with Crippen LogP contribution in [-0.4, -0.2) is 46.0 Å². The van der Waals surface area contributed by atoms with Crippen molar-refractivity contribution in [3.8, 4) is 0 Å². The molecule has 2 aromatic rings. The maximum Gasteiger partial charge on any atom is 0.277 e. The average Bonchev–Trinajstić information content (AvgIpc) is 2.93. The molecule has 24 heavy (non-hydrogen) atoms. The maximum absolute atomic E-state index is 12.4. The first-order valence-corrected chi connectivity index (χ1v) is 8.63. The van der Waals surface area contributed by atoms with Gasteiger partial charge in [-0.3, -0.25) is 14.9 Å². The minimum Gasteiger partial charge on any atom is -0.344 e. The van der Waals surface area contributed by atoms with Gasteiger partial charge < -0.3 is 4.90 Å². The van der Waals surface area contributed by atoms with Gasteiger partial charge in [0.15, 0.2) is 10.8 Å². The molecule has 0 fully saturated rings. The van der Waals surface area contributed by atoms with Gasteiger partial charge >= 0.3 is 0 Å². The predicted molar refractivity (Wildman–Crippen MR) is 91.5 cm³/mol. The van der Waals surface area contributed by atoms with Crippen LogP contribution in [-0.2, 0) is 12.8 Å². The lowest BCUT2D eigenvalue weighted by molar-refractivity contribution is 0.0831. The predicted octanol–water partition coefficient (Wildman–Crippen LogP) is 2.07. The Kier molecular flexibility index (Phi) is 4.57. The lowest BCUT2D eigenvalue weighted by atomic mass is 9.96. The molecule has 0 aliphatic heterocycles. The Morgan fingerprint density at radius 2 is 1.96 bits per heavy atom. The van der Waals surface area contributed by atoms with Gasteiger partial charge in [0.2, 0.25) is 0 Å². The van der Waals surface area contributed by atoms with Crippen LogP contribution in [0.3, 0.4) is 0 Å². The van der Waals surface area contributed by atoms with E-state index in [0.717, 1.165) is 36.9 Å². The van der Waals surface area contributed by atoms with Gasteiger partial charge in [0.25, 0.3) is 11.8 Å². The minimum absolute atomic E-state index is 0.126. The Balaban J connectivity index is 1.78. The first kappa shape index (κ1) is 16.5. The largest absolute Gasteiger partial charge is 0.344 e. The highest BCUT2D eigenvalue weighted by molar-refractivity contribution is 7.17. The molecule has 2 heterocycles. The second-order valence-corrected chi connectivity index (χ2v) is 6.99. The Morgan fingerprint density at radius 3 is 2.71 bits per heavy atom. The highest BCUT2D eigenvalue weighted by atomic mass is 32.1. The number of rotatable bonds is 3. The molecule has 2 amide bonds. The van der Waals surface area contributed by atoms with Gasteiger partial charge in [-0.05, 0) is 44.2 Å². The average molecular weight is 345 g/mol. The number of nitrogens with zero attached hydrogens (tertiary/aromatic N) is 4. The number of carbonyl (C=O) groups is 2. The molecule has 0 spiro atoms. The summed E-state index contributed by atoms with van der Waals surface area (Å²) < 4.78 is 0. The topological polar surface area (TPSA) is 88.1 Å². The summed E-state index contributed by atoms with van der Waals surface area (Å²) >= 11 is 1.17. The minimum atomic E-state index is -0.353. The van der Waals surface area contributed by atoms with Gasteiger partial charge in [-0.1, -0.05) is 11.3 Å². The SMILES string of the molecule is Cc1nc(NC(=O)c2cc3c(nn2)CCCC3)sc1C(=O)N(C)C. The standard InChI is InChI=1S/C16H19N5O2S/c1-9-13(15(23)21(2)3)24-16(17-9)18-14(22)12-8-10-6-4-5-7-11(10)19-20-12/h8H,4-7H2,1-3H3,(H,17,18,22). The van der Waals surface area contributed by atoms with Crippen LogP contribution in [0.1, 0.15) is 50.0 Å². The fraction of sp³-hybridized carbons (Fsp3) is 0.438. The number of amides is 2. The van der Waals surface area contributed by atoms with E-state index in [1.807, 2.05) is 6.07 Å². The Morgan fingerprint density at radius 1 is 1.21 bits per heavy atom. The van der Waals surface area contributed by atoms with Crippen molar-refractivity contribution in [2.75, 3.05) is 19.4 Å². The molecule has 8 heteroatoms. The summed E-state index contributed by atoms with van der Waals surface area (Å²) in [6.45, 7) is 1.75. The van der Waals surface area contributed by atoms with Crippen LogP contribution in [0.4, 0.5) is 5.13 Å². The van der Waals surface area contributed by atoms with Crippen LogP contribution < -0.4 is 5.32 Å². The van der Waals surface area contributed by atoms with E-state index in [4.69, 9.17) is 0 Å². The van der Waals surface area contributed by atoms with Crippen LogP contribution in [0.15, 0.2) is 6.07 Å². The molecular weight excluding hydrogens is 326 g/mol. The quantitative estimate of drug-likeness (QED) is 0.920. The van der Waals surface area contributed by atoms with Gasteiger partial charge in [-0.2, -0.15) is 5.10 Å². The van der Waals surface area contributed by atoms with Crippen molar-refractivity contribution in [2.24, 2.45) is 0 Å². The summed E-state index contributed by atoms with van der Waals surface area (Å²) in [5.74, 6) is -0.479. The third kappa shape index (κ3) is 3.28. The molecule has 1 aliphatic carbocycles. The van der Waals surface area contributed by atoms with E-state index in [9.17, 15) is 9.59 Å². The van der Waals surface area contributed by atoms with Gasteiger partial charge in [-0.25, -0.2) is 4.98 Å². The molecule has 0 aromatic carbocycles. The zero-order valence-electron chi connectivity index (χ0n) is 13.9. The monoisotopic (exact) mass is 345 g/mol. The summed E-state index contributed by atoms with van der Waals surface area (Å²) in [6.07, 6.45) is 4.09. The fourth-order valence-electron chi connectivity index (χ4n) is 2.61. The number of hydrogen-bond acceptors (Lipinski definition) is 6. The number of thiazole rings is 1. The second kappa shape index (κ2) is 6.64. The molecule has 0 unspecified atom stereocenters. The van der Waals surface area contributed by atoms with E-state index in [1.165, 1.54) is 16.2 Å². The van der Waals surface area contributed by atoms with E-state index < -0.39 is 0 Å². The normalized spacial score (nSPS) is 13.3. The molecule has 0 atom stereocenters. The van der Waals surface area contributed by atoms with Crippen molar-refractivity contribution in [3.63, 3.8) is 0 Å². The Bertz CT molecular complexity index is 800. The molecule has 1 N–H and O–H groups in total. The number of hydrogen-bond donors (Lipinski definition) is 1. The van der Waals surface area contributed by atoms with Crippen LogP contribution in [0.2, 0.25) is 0 Å². The first-order valence-electron chi connectivity index (χ1n) is 7.81. The number of aryl methyl sites for hydroxylation is 3. The van der Waals surface area contributed by atoms with E-state index in [2.05, 4.69) is 20.5 Å². The van der Waals surface area contributed by atoms with Gasteiger partial charge in [0.05, 0.1) is 11.4 Å². The van der Waals surface area contributed by atoms with Crippen LogP contribution >= 0.6 is 11.3 Å². The van der Waals surface area contributed by atoms with Crippen molar-refractivity contribution >= 4 is 28.3 Å².